The number of carbonyl (C=O) groups excluding carboxylic acids is 2. The Morgan fingerprint density at radius 2 is 2.00 bits per heavy atom. The lowest BCUT2D eigenvalue weighted by molar-refractivity contribution is -0.124. The Labute approximate surface area is 130 Å². The molecule has 0 spiro atoms. The largest absolute Gasteiger partial charge is 0.490 e. The number of nitrogens with zero attached hydrogens (tertiary/aromatic N) is 1. The molecule has 6 nitrogen and oxygen atoms in total. The average molecular weight is 306 g/mol. The molecule has 1 aromatic rings. The van der Waals surface area contributed by atoms with Gasteiger partial charge in [0.25, 0.3) is 0 Å². The molecule has 22 heavy (non-hydrogen) atoms. The summed E-state index contributed by atoms with van der Waals surface area (Å²) >= 11 is 0. The van der Waals surface area contributed by atoms with Crippen LogP contribution in [0.15, 0.2) is 36.9 Å². The number of nitrogens with one attached hydrogen (secondary N) is 1. The summed E-state index contributed by atoms with van der Waals surface area (Å²) in [5, 5.41) is 2.16. The van der Waals surface area contributed by atoms with Crippen molar-refractivity contribution >= 4 is 12.0 Å². The highest BCUT2D eigenvalue weighted by Crippen LogP contribution is 2.14. The Balaban J connectivity index is 2.56. The van der Waals surface area contributed by atoms with Crippen LogP contribution in [-0.4, -0.2) is 43.7 Å². The fourth-order valence-corrected chi connectivity index (χ4v) is 1.73. The molecule has 120 valence electrons. The van der Waals surface area contributed by atoms with E-state index in [2.05, 4.69) is 16.6 Å². The van der Waals surface area contributed by atoms with Gasteiger partial charge in [0.2, 0.25) is 5.91 Å². The molecule has 2 amide bonds. The zero-order chi connectivity index (χ0) is 16.5. The number of imide groups is 1. The second kappa shape index (κ2) is 8.84. The molecule has 0 aliphatic rings. The fourth-order valence-electron chi connectivity index (χ4n) is 1.73. The van der Waals surface area contributed by atoms with Crippen LogP contribution in [0.1, 0.15) is 12.5 Å². The van der Waals surface area contributed by atoms with Gasteiger partial charge in [-0.25, -0.2) is 4.79 Å². The number of alkyl carbamates (subject to hydrolysis) is 1. The summed E-state index contributed by atoms with van der Waals surface area (Å²) < 4.78 is 9.81. The standard InChI is InChI=1S/C16H22N2O4/c1-5-10-22-14-8-6-13(7-9-14)11-18(3)12(2)15(19)17-16(20)21-4/h5-9,12H,1,10-11H2,2-4H3,(H,17,19,20)/t12-/m0/s1. The molecule has 0 aliphatic carbocycles. The molecule has 0 aromatic heterocycles. The molecule has 0 unspecified atom stereocenters. The van der Waals surface area contributed by atoms with Gasteiger partial charge in [-0.05, 0) is 31.7 Å². The van der Waals surface area contributed by atoms with Gasteiger partial charge in [-0.3, -0.25) is 15.0 Å². The molecule has 0 saturated heterocycles. The zero-order valence-electron chi connectivity index (χ0n) is 13.2. The average Bonchev–Trinajstić information content (AvgIpc) is 2.53. The molecule has 1 rings (SSSR count). The van der Waals surface area contributed by atoms with Crippen LogP contribution in [0.25, 0.3) is 0 Å². The second-order valence-corrected chi connectivity index (χ2v) is 4.82. The van der Waals surface area contributed by atoms with Crippen molar-refractivity contribution in [1.82, 2.24) is 10.2 Å². The van der Waals surface area contributed by atoms with Crippen molar-refractivity contribution in [3.8, 4) is 5.75 Å². The number of likely N-dealkylation sites (N-methyl/N-ethyl adjacent to an activating group) is 1. The Kier molecular flexibility index (Phi) is 7.12. The predicted molar refractivity (Wildman–Crippen MR) is 83.6 cm³/mol. The van der Waals surface area contributed by atoms with Crippen LogP contribution >= 0.6 is 0 Å². The van der Waals surface area contributed by atoms with Crippen molar-refractivity contribution in [1.29, 1.82) is 0 Å². The molecular formula is C16H22N2O4. The third kappa shape index (κ3) is 5.57. The van der Waals surface area contributed by atoms with E-state index in [1.165, 1.54) is 7.11 Å². The van der Waals surface area contributed by atoms with E-state index in [4.69, 9.17) is 4.74 Å². The molecule has 0 radical (unpaired) electrons. The number of ether oxygens (including phenoxy) is 2. The van der Waals surface area contributed by atoms with Crippen molar-refractivity contribution in [3.05, 3.63) is 42.5 Å². The van der Waals surface area contributed by atoms with E-state index in [-0.39, 0.29) is 0 Å². The first-order chi connectivity index (χ1) is 10.5. The quantitative estimate of drug-likeness (QED) is 0.780. The molecule has 0 bridgehead atoms. The lowest BCUT2D eigenvalue weighted by atomic mass is 10.2. The first-order valence-corrected chi connectivity index (χ1v) is 6.89. The van der Waals surface area contributed by atoms with Crippen molar-refractivity contribution < 1.29 is 19.1 Å². The molecule has 0 heterocycles. The van der Waals surface area contributed by atoms with Crippen LogP contribution in [-0.2, 0) is 16.1 Å². The lowest BCUT2D eigenvalue weighted by Gasteiger charge is -2.23. The number of methoxy groups -OCH3 is 1. The minimum Gasteiger partial charge on any atom is -0.490 e. The molecule has 1 atom stereocenters. The van der Waals surface area contributed by atoms with Gasteiger partial charge in [0, 0.05) is 6.54 Å². The van der Waals surface area contributed by atoms with Gasteiger partial charge in [-0.2, -0.15) is 0 Å². The van der Waals surface area contributed by atoms with E-state index in [1.807, 2.05) is 36.2 Å². The highest BCUT2D eigenvalue weighted by molar-refractivity contribution is 5.94. The van der Waals surface area contributed by atoms with Crippen molar-refractivity contribution in [2.75, 3.05) is 20.8 Å². The second-order valence-electron chi connectivity index (χ2n) is 4.82. The summed E-state index contributed by atoms with van der Waals surface area (Å²) in [7, 11) is 3.02. The van der Waals surface area contributed by atoms with Crippen LogP contribution in [0, 0.1) is 0 Å². The van der Waals surface area contributed by atoms with E-state index in [0.29, 0.717) is 13.2 Å². The number of hydrogen-bond donors (Lipinski definition) is 1. The number of carbonyl (C=O) groups is 2. The van der Waals surface area contributed by atoms with Crippen LogP contribution in [0.5, 0.6) is 5.75 Å². The molecule has 0 saturated carbocycles. The predicted octanol–water partition coefficient (Wildman–Crippen LogP) is 1.95. The first-order valence-electron chi connectivity index (χ1n) is 6.89. The van der Waals surface area contributed by atoms with Gasteiger partial charge in [0.15, 0.2) is 0 Å². The molecular weight excluding hydrogens is 284 g/mol. The summed E-state index contributed by atoms with van der Waals surface area (Å²) in [4.78, 5) is 24.7. The van der Waals surface area contributed by atoms with Crippen LogP contribution in [0.4, 0.5) is 4.79 Å². The van der Waals surface area contributed by atoms with Crippen molar-refractivity contribution in [2.24, 2.45) is 0 Å². The zero-order valence-corrected chi connectivity index (χ0v) is 13.2. The van der Waals surface area contributed by atoms with E-state index in [9.17, 15) is 9.59 Å². The summed E-state index contributed by atoms with van der Waals surface area (Å²) in [5.41, 5.74) is 1.03. The minimum absolute atomic E-state index is 0.403. The molecule has 0 aliphatic heterocycles. The number of benzene rings is 1. The van der Waals surface area contributed by atoms with Crippen molar-refractivity contribution in [3.63, 3.8) is 0 Å². The van der Waals surface area contributed by atoms with Gasteiger partial charge in [0.05, 0.1) is 13.2 Å². The lowest BCUT2D eigenvalue weighted by Crippen LogP contribution is -2.45. The topological polar surface area (TPSA) is 67.9 Å². The van der Waals surface area contributed by atoms with Gasteiger partial charge in [-0.15, -0.1) is 0 Å². The third-order valence-electron chi connectivity index (χ3n) is 3.17. The first kappa shape index (κ1) is 17.7. The van der Waals surface area contributed by atoms with Gasteiger partial charge in [-0.1, -0.05) is 24.8 Å². The Hall–Kier alpha value is -2.34. The number of rotatable bonds is 7. The van der Waals surface area contributed by atoms with Crippen LogP contribution in [0.3, 0.4) is 0 Å². The Morgan fingerprint density at radius 1 is 1.36 bits per heavy atom. The highest BCUT2D eigenvalue weighted by Gasteiger charge is 2.20. The summed E-state index contributed by atoms with van der Waals surface area (Å²) in [6, 6.07) is 7.13. The summed E-state index contributed by atoms with van der Waals surface area (Å²) in [6.45, 7) is 6.34. The SMILES string of the molecule is C=CCOc1ccc(CN(C)[C@@H](C)C(=O)NC(=O)OC)cc1. The van der Waals surface area contributed by atoms with Crippen LogP contribution < -0.4 is 10.1 Å². The maximum absolute atomic E-state index is 11.8. The summed E-state index contributed by atoms with van der Waals surface area (Å²) in [6.07, 6.45) is 0.928. The molecule has 0 fully saturated rings. The Bertz CT molecular complexity index is 513. The van der Waals surface area contributed by atoms with Gasteiger partial charge < -0.3 is 9.47 Å². The summed E-state index contributed by atoms with van der Waals surface area (Å²) in [5.74, 6) is 0.364. The van der Waals surface area contributed by atoms with E-state index >= 15 is 0 Å². The van der Waals surface area contributed by atoms with E-state index in [0.717, 1.165) is 11.3 Å². The van der Waals surface area contributed by atoms with Gasteiger partial charge >= 0.3 is 6.09 Å². The monoisotopic (exact) mass is 306 g/mol. The normalized spacial score (nSPS) is 11.6. The minimum atomic E-state index is -0.756. The van der Waals surface area contributed by atoms with Gasteiger partial charge in [0.1, 0.15) is 12.4 Å². The smallest absolute Gasteiger partial charge is 0.413 e. The molecule has 1 aromatic carbocycles. The van der Waals surface area contributed by atoms with Crippen molar-refractivity contribution in [2.45, 2.75) is 19.5 Å². The fraction of sp³-hybridized carbons (Fsp3) is 0.375. The van der Waals surface area contributed by atoms with E-state index in [1.54, 1.807) is 13.0 Å². The highest BCUT2D eigenvalue weighted by atomic mass is 16.5. The molecule has 1 N–H and O–H groups in total. The number of hydrogen-bond acceptors (Lipinski definition) is 5. The number of amides is 2. The Morgan fingerprint density at radius 3 is 2.55 bits per heavy atom. The van der Waals surface area contributed by atoms with Crippen LogP contribution in [0.2, 0.25) is 0 Å². The molecule has 6 heteroatoms. The maximum Gasteiger partial charge on any atom is 0.413 e. The maximum atomic E-state index is 11.8. The van der Waals surface area contributed by atoms with E-state index < -0.39 is 18.0 Å². The third-order valence-corrected chi connectivity index (χ3v) is 3.17.